The molecule has 110 valence electrons. The van der Waals surface area contributed by atoms with E-state index in [1.54, 1.807) is 6.20 Å². The molecule has 7 nitrogen and oxygen atoms in total. The summed E-state index contributed by atoms with van der Waals surface area (Å²) in [6, 6.07) is 9.59. The first-order valence-electron chi connectivity index (χ1n) is 6.59. The summed E-state index contributed by atoms with van der Waals surface area (Å²) in [4.78, 5) is 23.8. The van der Waals surface area contributed by atoms with Gasteiger partial charge in [-0.3, -0.25) is 4.79 Å². The number of rotatable bonds is 4. The summed E-state index contributed by atoms with van der Waals surface area (Å²) in [7, 11) is 0. The van der Waals surface area contributed by atoms with Gasteiger partial charge in [0.25, 0.3) is 5.91 Å². The Bertz CT molecular complexity index is 785. The Labute approximate surface area is 126 Å². The predicted octanol–water partition coefficient (Wildman–Crippen LogP) is 1.64. The van der Waals surface area contributed by atoms with Crippen LogP contribution in [0.25, 0.3) is 11.3 Å². The number of carbonyl (C=O) groups excluding carboxylic acids is 1. The lowest BCUT2D eigenvalue weighted by molar-refractivity contribution is 0.0943. The highest BCUT2D eigenvalue weighted by molar-refractivity contribution is 5.96. The van der Waals surface area contributed by atoms with Crippen LogP contribution in [-0.4, -0.2) is 20.9 Å². The van der Waals surface area contributed by atoms with Gasteiger partial charge in [0.2, 0.25) is 5.89 Å². The number of nitrogen functional groups attached to an aromatic ring is 1. The van der Waals surface area contributed by atoms with Crippen LogP contribution in [-0.2, 0) is 6.54 Å². The molecular formula is C15H13N5O2. The van der Waals surface area contributed by atoms with E-state index in [1.165, 1.54) is 12.4 Å². The number of oxazole rings is 1. The van der Waals surface area contributed by atoms with Gasteiger partial charge in [-0.25, -0.2) is 15.0 Å². The van der Waals surface area contributed by atoms with Crippen molar-refractivity contribution in [2.45, 2.75) is 6.54 Å². The fourth-order valence-corrected chi connectivity index (χ4v) is 1.89. The number of nitrogens with two attached hydrogens (primary N) is 1. The average Bonchev–Trinajstić information content (AvgIpc) is 3.03. The van der Waals surface area contributed by atoms with Gasteiger partial charge in [0.1, 0.15) is 0 Å². The van der Waals surface area contributed by atoms with Crippen molar-refractivity contribution in [2.24, 2.45) is 0 Å². The molecule has 3 aromatic rings. The molecule has 0 radical (unpaired) electrons. The second kappa shape index (κ2) is 6.04. The lowest BCUT2D eigenvalue weighted by Crippen LogP contribution is -2.25. The van der Waals surface area contributed by atoms with Crippen molar-refractivity contribution in [1.82, 2.24) is 20.3 Å². The summed E-state index contributed by atoms with van der Waals surface area (Å²) in [5, 5.41) is 2.64. The molecule has 0 saturated carbocycles. The first-order chi connectivity index (χ1) is 10.7. The molecule has 0 aliphatic heterocycles. The van der Waals surface area contributed by atoms with Crippen LogP contribution in [0.1, 0.15) is 16.4 Å². The van der Waals surface area contributed by atoms with E-state index >= 15 is 0 Å². The Hall–Kier alpha value is -3.22. The van der Waals surface area contributed by atoms with Crippen LogP contribution in [0.2, 0.25) is 0 Å². The third-order valence-corrected chi connectivity index (χ3v) is 2.95. The van der Waals surface area contributed by atoms with Crippen LogP contribution in [0.4, 0.5) is 5.82 Å². The summed E-state index contributed by atoms with van der Waals surface area (Å²) < 4.78 is 5.59. The van der Waals surface area contributed by atoms with Crippen LogP contribution < -0.4 is 11.1 Å². The number of hydrogen-bond donors (Lipinski definition) is 2. The Kier molecular flexibility index (Phi) is 3.78. The zero-order valence-corrected chi connectivity index (χ0v) is 11.6. The van der Waals surface area contributed by atoms with E-state index in [0.29, 0.717) is 11.7 Å². The Balaban J connectivity index is 1.67. The summed E-state index contributed by atoms with van der Waals surface area (Å²) in [6.07, 6.45) is 4.45. The zero-order chi connectivity index (χ0) is 15.4. The van der Waals surface area contributed by atoms with Gasteiger partial charge < -0.3 is 15.5 Å². The highest BCUT2D eigenvalue weighted by Crippen LogP contribution is 2.19. The lowest BCUT2D eigenvalue weighted by Gasteiger charge is -2.03. The number of anilines is 1. The molecule has 3 rings (SSSR count). The van der Waals surface area contributed by atoms with Gasteiger partial charge >= 0.3 is 0 Å². The molecular weight excluding hydrogens is 282 g/mol. The normalized spacial score (nSPS) is 10.4. The smallest absolute Gasteiger partial charge is 0.274 e. The van der Waals surface area contributed by atoms with E-state index in [9.17, 15) is 4.79 Å². The Morgan fingerprint density at radius 2 is 1.91 bits per heavy atom. The highest BCUT2D eigenvalue weighted by atomic mass is 16.4. The summed E-state index contributed by atoms with van der Waals surface area (Å²) in [5.74, 6) is 0.695. The Morgan fingerprint density at radius 1 is 1.14 bits per heavy atom. The van der Waals surface area contributed by atoms with Crippen molar-refractivity contribution in [3.8, 4) is 11.3 Å². The number of carbonyl (C=O) groups is 1. The van der Waals surface area contributed by atoms with E-state index in [1.807, 2.05) is 30.3 Å². The topological polar surface area (TPSA) is 107 Å². The molecule has 1 amide bonds. The molecule has 0 spiro atoms. The molecule has 0 fully saturated rings. The Morgan fingerprint density at radius 3 is 2.68 bits per heavy atom. The summed E-state index contributed by atoms with van der Waals surface area (Å²) in [6.45, 7) is 0.141. The fraction of sp³-hybridized carbons (Fsp3) is 0.0667. The van der Waals surface area contributed by atoms with Gasteiger partial charge in [0.05, 0.1) is 12.7 Å². The molecule has 22 heavy (non-hydrogen) atoms. The SMILES string of the molecule is Nc1nccnc1C(=O)NCc1ncc(-c2ccccc2)o1. The number of nitrogens with zero attached hydrogens (tertiary/aromatic N) is 3. The standard InChI is InChI=1S/C15H13N5O2/c16-14-13(17-6-7-18-14)15(21)20-9-12-19-8-11(22-12)10-4-2-1-3-5-10/h1-8H,9H2,(H2,16,18)(H,20,21). The van der Waals surface area contributed by atoms with E-state index in [0.717, 1.165) is 5.56 Å². The maximum Gasteiger partial charge on any atom is 0.274 e. The number of hydrogen-bond acceptors (Lipinski definition) is 6. The molecule has 1 aromatic carbocycles. The van der Waals surface area contributed by atoms with Crippen LogP contribution in [0, 0.1) is 0 Å². The molecule has 0 unspecified atom stereocenters. The van der Waals surface area contributed by atoms with Crippen molar-refractivity contribution in [1.29, 1.82) is 0 Å². The minimum absolute atomic E-state index is 0.0809. The number of nitrogens with one attached hydrogen (secondary N) is 1. The van der Waals surface area contributed by atoms with Gasteiger partial charge in [-0.1, -0.05) is 30.3 Å². The van der Waals surface area contributed by atoms with E-state index in [2.05, 4.69) is 20.3 Å². The number of aromatic nitrogens is 3. The van der Waals surface area contributed by atoms with Gasteiger partial charge in [0.15, 0.2) is 17.3 Å². The fourth-order valence-electron chi connectivity index (χ4n) is 1.89. The summed E-state index contributed by atoms with van der Waals surface area (Å²) in [5.41, 5.74) is 6.60. The van der Waals surface area contributed by atoms with Crippen molar-refractivity contribution in [3.63, 3.8) is 0 Å². The third-order valence-electron chi connectivity index (χ3n) is 2.95. The second-order valence-corrected chi connectivity index (χ2v) is 4.46. The molecule has 0 bridgehead atoms. The van der Waals surface area contributed by atoms with Crippen molar-refractivity contribution in [3.05, 3.63) is 60.5 Å². The first-order valence-corrected chi connectivity index (χ1v) is 6.59. The summed E-state index contributed by atoms with van der Waals surface area (Å²) >= 11 is 0. The number of amides is 1. The molecule has 0 aliphatic rings. The molecule has 0 saturated heterocycles. The number of benzene rings is 1. The average molecular weight is 295 g/mol. The molecule has 2 heterocycles. The molecule has 0 atom stereocenters. The van der Waals surface area contributed by atoms with Crippen LogP contribution in [0.5, 0.6) is 0 Å². The van der Waals surface area contributed by atoms with Crippen LogP contribution >= 0.6 is 0 Å². The zero-order valence-electron chi connectivity index (χ0n) is 11.6. The largest absolute Gasteiger partial charge is 0.439 e. The van der Waals surface area contributed by atoms with Gasteiger partial charge in [-0.2, -0.15) is 0 Å². The first kappa shape index (κ1) is 13.7. The third kappa shape index (κ3) is 2.93. The monoisotopic (exact) mass is 295 g/mol. The van der Waals surface area contributed by atoms with E-state index < -0.39 is 5.91 Å². The van der Waals surface area contributed by atoms with Crippen molar-refractivity contribution < 1.29 is 9.21 Å². The van der Waals surface area contributed by atoms with Gasteiger partial charge in [-0.05, 0) is 0 Å². The van der Waals surface area contributed by atoms with Crippen molar-refractivity contribution >= 4 is 11.7 Å². The van der Waals surface area contributed by atoms with Gasteiger partial charge in [0, 0.05) is 18.0 Å². The molecule has 0 aliphatic carbocycles. The second-order valence-electron chi connectivity index (χ2n) is 4.46. The lowest BCUT2D eigenvalue weighted by atomic mass is 10.2. The van der Waals surface area contributed by atoms with E-state index in [-0.39, 0.29) is 18.1 Å². The molecule has 3 N–H and O–H groups in total. The maximum absolute atomic E-state index is 12.0. The quantitative estimate of drug-likeness (QED) is 0.757. The molecule has 2 aromatic heterocycles. The minimum Gasteiger partial charge on any atom is -0.439 e. The predicted molar refractivity (Wildman–Crippen MR) is 79.6 cm³/mol. The van der Waals surface area contributed by atoms with Gasteiger partial charge in [-0.15, -0.1) is 0 Å². The van der Waals surface area contributed by atoms with Crippen molar-refractivity contribution in [2.75, 3.05) is 5.73 Å². The maximum atomic E-state index is 12.0. The van der Waals surface area contributed by atoms with Crippen LogP contribution in [0.15, 0.2) is 53.3 Å². The minimum atomic E-state index is -0.426. The highest BCUT2D eigenvalue weighted by Gasteiger charge is 2.13. The van der Waals surface area contributed by atoms with E-state index in [4.69, 9.17) is 10.2 Å². The molecule has 7 heteroatoms. The van der Waals surface area contributed by atoms with Crippen LogP contribution in [0.3, 0.4) is 0 Å².